The molecule has 0 aliphatic rings. The number of hydrogen-bond acceptors (Lipinski definition) is 7. The van der Waals surface area contributed by atoms with Crippen molar-refractivity contribution in [2.75, 3.05) is 6.61 Å². The maximum atomic E-state index is 11.7. The molecule has 154 valence electrons. The highest BCUT2D eigenvalue weighted by Gasteiger charge is 2.27. The van der Waals surface area contributed by atoms with Crippen molar-refractivity contribution in [3.05, 3.63) is 39.9 Å². The molecule has 0 aliphatic heterocycles. The van der Waals surface area contributed by atoms with Gasteiger partial charge in [0, 0.05) is 25.0 Å². The number of carboxylic acids is 1. The van der Waals surface area contributed by atoms with Crippen LogP contribution in [0.4, 0.5) is 5.69 Å². The molecule has 0 unspecified atom stereocenters. The number of nitrogens with zero attached hydrogens (tertiary/aromatic N) is 1. The molecule has 1 amide bonds. The quantitative estimate of drug-likeness (QED) is 0.204. The molecule has 1 aromatic rings. The third-order valence-corrected chi connectivity index (χ3v) is 3.94. The fourth-order valence-electron chi connectivity index (χ4n) is 2.12. The van der Waals surface area contributed by atoms with E-state index in [2.05, 4.69) is 5.32 Å². The highest BCUT2D eigenvalue weighted by atomic mass is 35.5. The van der Waals surface area contributed by atoms with Crippen molar-refractivity contribution >= 4 is 46.7 Å². The first kappa shape index (κ1) is 23.6. The molecule has 0 spiro atoms. The summed E-state index contributed by atoms with van der Waals surface area (Å²) in [5.74, 6) is -2.61. The zero-order chi connectivity index (χ0) is 21.3. The number of nitrogens with one attached hydrogen (secondary N) is 1. The van der Waals surface area contributed by atoms with Crippen LogP contribution < -0.4 is 5.32 Å². The highest BCUT2D eigenvalue weighted by Crippen LogP contribution is 2.21. The lowest BCUT2D eigenvalue weighted by atomic mass is 10.0. The third-order valence-electron chi connectivity index (χ3n) is 3.55. The summed E-state index contributed by atoms with van der Waals surface area (Å²) >= 11 is 10.9. The van der Waals surface area contributed by atoms with Crippen LogP contribution in [-0.2, 0) is 19.1 Å². The van der Waals surface area contributed by atoms with Gasteiger partial charge in [0.1, 0.15) is 12.7 Å². The molecule has 3 N–H and O–H groups in total. The van der Waals surface area contributed by atoms with E-state index in [1.165, 1.54) is 24.3 Å². The van der Waals surface area contributed by atoms with Crippen molar-refractivity contribution < 1.29 is 34.3 Å². The Hall–Kier alpha value is -2.43. The number of alkyl halides is 2. The molecule has 0 aliphatic carbocycles. The molecule has 1 aromatic carbocycles. The van der Waals surface area contributed by atoms with E-state index in [4.69, 9.17) is 33.0 Å². The van der Waals surface area contributed by atoms with E-state index in [9.17, 15) is 29.6 Å². The molecule has 0 saturated carbocycles. The molecule has 0 heterocycles. The molecule has 0 aromatic heterocycles. The molecule has 28 heavy (non-hydrogen) atoms. The molecule has 10 nitrogen and oxygen atoms in total. The number of esters is 1. The van der Waals surface area contributed by atoms with E-state index in [1.807, 2.05) is 0 Å². The van der Waals surface area contributed by atoms with Gasteiger partial charge in [-0.2, -0.15) is 0 Å². The Balaban J connectivity index is 2.80. The van der Waals surface area contributed by atoms with Crippen LogP contribution in [0.5, 0.6) is 0 Å². The second kappa shape index (κ2) is 11.4. The van der Waals surface area contributed by atoms with E-state index in [0.29, 0.717) is 0 Å². The van der Waals surface area contributed by atoms with Gasteiger partial charge in [-0.1, -0.05) is 23.2 Å². The van der Waals surface area contributed by atoms with Crippen LogP contribution in [-0.4, -0.2) is 50.5 Å². The smallest absolute Gasteiger partial charge is 0.305 e. The van der Waals surface area contributed by atoms with Gasteiger partial charge in [0.15, 0.2) is 4.84 Å². The van der Waals surface area contributed by atoms with Crippen molar-refractivity contribution in [3.8, 4) is 0 Å². The number of rotatable bonds is 11. The summed E-state index contributed by atoms with van der Waals surface area (Å²) in [6.45, 7) is -0.448. The van der Waals surface area contributed by atoms with Gasteiger partial charge >= 0.3 is 11.9 Å². The number of aliphatic carboxylic acids is 1. The predicted octanol–water partition coefficient (Wildman–Crippen LogP) is 1.71. The standard InChI is InChI=1S/C16H18Cl2N2O8/c17-15(18)16(25)19-11(8-28-13(23)3-1-2-12(21)22)14(24)9-4-6-10(7-5-9)20(26)27/h4-7,11,14-15,24H,1-3,8H2,(H,19,25)(H,21,22)/t11-,14-/m1/s1. The number of hydrogen-bond donors (Lipinski definition) is 3. The molecule has 0 fully saturated rings. The van der Waals surface area contributed by atoms with Crippen molar-refractivity contribution in [1.29, 1.82) is 0 Å². The summed E-state index contributed by atoms with van der Waals surface area (Å²) in [5, 5.41) is 32.0. The average molecular weight is 437 g/mol. The summed E-state index contributed by atoms with van der Waals surface area (Å²) < 4.78 is 4.97. The minimum absolute atomic E-state index is 0.0710. The topological polar surface area (TPSA) is 156 Å². The Bertz CT molecular complexity index is 711. The Morgan fingerprint density at radius 2 is 1.79 bits per heavy atom. The fourth-order valence-corrected chi connectivity index (χ4v) is 2.25. The molecule has 1 rings (SSSR count). The minimum atomic E-state index is -1.43. The van der Waals surface area contributed by atoms with Crippen LogP contribution in [0.1, 0.15) is 30.9 Å². The van der Waals surface area contributed by atoms with Gasteiger partial charge in [-0.05, 0) is 24.1 Å². The van der Waals surface area contributed by atoms with Crippen LogP contribution in [0.25, 0.3) is 0 Å². The van der Waals surface area contributed by atoms with Crippen molar-refractivity contribution in [2.24, 2.45) is 0 Å². The zero-order valence-electron chi connectivity index (χ0n) is 14.4. The Morgan fingerprint density at radius 3 is 2.29 bits per heavy atom. The maximum Gasteiger partial charge on any atom is 0.305 e. The largest absolute Gasteiger partial charge is 0.481 e. The SMILES string of the molecule is O=C(O)CCCC(=O)OC[C@@H](NC(=O)C(Cl)Cl)[C@H](O)c1ccc([N+](=O)[O-])cc1. The van der Waals surface area contributed by atoms with E-state index >= 15 is 0 Å². The molecule has 0 bridgehead atoms. The number of carboxylic acid groups (broad SMARTS) is 1. The predicted molar refractivity (Wildman–Crippen MR) is 97.9 cm³/mol. The van der Waals surface area contributed by atoms with Crippen LogP contribution >= 0.6 is 23.2 Å². The van der Waals surface area contributed by atoms with Crippen LogP contribution in [0.2, 0.25) is 0 Å². The van der Waals surface area contributed by atoms with Gasteiger partial charge in [0.25, 0.3) is 11.6 Å². The van der Waals surface area contributed by atoms with Crippen LogP contribution in [0.3, 0.4) is 0 Å². The van der Waals surface area contributed by atoms with Crippen LogP contribution in [0, 0.1) is 10.1 Å². The lowest BCUT2D eigenvalue weighted by Gasteiger charge is -2.24. The van der Waals surface area contributed by atoms with Crippen LogP contribution in [0.15, 0.2) is 24.3 Å². The molecule has 0 radical (unpaired) electrons. The first-order valence-corrected chi connectivity index (χ1v) is 8.87. The normalized spacial score (nSPS) is 12.9. The first-order valence-electron chi connectivity index (χ1n) is 8.00. The second-order valence-corrected chi connectivity index (χ2v) is 6.74. The zero-order valence-corrected chi connectivity index (χ0v) is 15.9. The van der Waals surface area contributed by atoms with Gasteiger partial charge in [-0.15, -0.1) is 0 Å². The van der Waals surface area contributed by atoms with Gasteiger partial charge in [-0.3, -0.25) is 24.5 Å². The molecular formula is C16H18Cl2N2O8. The second-order valence-electron chi connectivity index (χ2n) is 5.64. The minimum Gasteiger partial charge on any atom is -0.481 e. The first-order chi connectivity index (χ1) is 13.1. The van der Waals surface area contributed by atoms with E-state index in [1.54, 1.807) is 0 Å². The van der Waals surface area contributed by atoms with Crippen molar-refractivity contribution in [1.82, 2.24) is 5.32 Å². The molecule has 2 atom stereocenters. The van der Waals surface area contributed by atoms with Crippen molar-refractivity contribution in [2.45, 2.75) is 36.2 Å². The number of halogens is 2. The number of amides is 1. The van der Waals surface area contributed by atoms with Gasteiger partial charge in [-0.25, -0.2) is 0 Å². The molecule has 0 saturated heterocycles. The van der Waals surface area contributed by atoms with Gasteiger partial charge in [0.05, 0.1) is 11.0 Å². The number of nitro groups is 1. The lowest BCUT2D eigenvalue weighted by molar-refractivity contribution is -0.384. The maximum absolute atomic E-state index is 11.7. The monoisotopic (exact) mass is 436 g/mol. The molecular weight excluding hydrogens is 419 g/mol. The van der Waals surface area contributed by atoms with E-state index < -0.39 is 46.4 Å². The van der Waals surface area contributed by atoms with Crippen molar-refractivity contribution in [3.63, 3.8) is 0 Å². The summed E-state index contributed by atoms with van der Waals surface area (Å²) in [6, 6.07) is 3.77. The van der Waals surface area contributed by atoms with E-state index in [-0.39, 0.29) is 30.5 Å². The number of carbonyl (C=O) groups excluding carboxylic acids is 2. The Kier molecular flexibility index (Phi) is 9.63. The number of nitro benzene ring substituents is 1. The Labute approximate surface area is 169 Å². The highest BCUT2D eigenvalue weighted by molar-refractivity contribution is 6.53. The molecule has 12 heteroatoms. The van der Waals surface area contributed by atoms with Gasteiger partial charge in [0.2, 0.25) is 0 Å². The summed E-state index contributed by atoms with van der Waals surface area (Å²) in [5.41, 5.74) is 0.0292. The lowest BCUT2D eigenvalue weighted by Crippen LogP contribution is -2.45. The fraction of sp³-hybridized carbons (Fsp3) is 0.438. The number of benzene rings is 1. The number of aliphatic hydroxyl groups excluding tert-OH is 1. The summed E-state index contributed by atoms with van der Waals surface area (Å²) in [7, 11) is 0. The number of aliphatic hydroxyl groups is 1. The Morgan fingerprint density at radius 1 is 1.18 bits per heavy atom. The number of ether oxygens (including phenoxy) is 1. The average Bonchev–Trinajstić information content (AvgIpc) is 2.63. The third kappa shape index (κ3) is 8.07. The summed E-state index contributed by atoms with van der Waals surface area (Å²) in [4.78, 5) is 42.5. The number of non-ortho nitro benzene ring substituents is 1. The summed E-state index contributed by atoms with van der Waals surface area (Å²) in [6.07, 6.45) is -1.68. The van der Waals surface area contributed by atoms with E-state index in [0.717, 1.165) is 0 Å². The van der Waals surface area contributed by atoms with Gasteiger partial charge < -0.3 is 20.3 Å². The number of carbonyl (C=O) groups is 3.